The van der Waals surface area contributed by atoms with Crippen molar-refractivity contribution in [3.63, 3.8) is 0 Å². The molecule has 0 aliphatic rings. The van der Waals surface area contributed by atoms with Gasteiger partial charge in [-0.3, -0.25) is 0 Å². The molecule has 8 aromatic carbocycles. The molecule has 0 bridgehead atoms. The first-order chi connectivity index (χ1) is 25.3. The molecule has 0 amide bonds. The summed E-state index contributed by atoms with van der Waals surface area (Å²) < 4.78 is 2.49. The number of fused-ring (bicyclic) bond motifs is 5. The fourth-order valence-corrected chi connectivity index (χ4v) is 9.06. The molecule has 0 aliphatic heterocycles. The number of pyridine rings is 1. The molecule has 0 fully saturated rings. The highest BCUT2D eigenvalue weighted by Crippen LogP contribution is 2.43. The fourth-order valence-electron chi connectivity index (χ4n) is 7.83. The molecule has 0 N–H and O–H groups in total. The minimum absolute atomic E-state index is 0.719. The number of para-hydroxylation sites is 1. The molecule has 0 saturated heterocycles. The van der Waals surface area contributed by atoms with Crippen molar-refractivity contribution in [3.8, 4) is 45.2 Å². The van der Waals surface area contributed by atoms with Crippen LogP contribution in [0.4, 0.5) is 0 Å². The van der Waals surface area contributed by atoms with E-state index in [-0.39, 0.29) is 0 Å². The standard InChI is InChI=1S/C47H27N3S/c1-2-9-28(10-3-1)39-27-40(50-47(49-39)35-26-24-32-20-19-30-11-8-12-31-23-25-34(35)43(32)42(30)31)29-17-21-33(22-18-29)45-46-44(36-13-4-6-15-38(36)48-45)37-14-5-7-16-41(37)51-46/h1-27H. The number of aromatic nitrogens is 3. The van der Waals surface area contributed by atoms with Crippen LogP contribution in [0.2, 0.25) is 0 Å². The molecule has 0 atom stereocenters. The number of thiophene rings is 1. The van der Waals surface area contributed by atoms with Crippen LogP contribution < -0.4 is 0 Å². The van der Waals surface area contributed by atoms with Crippen molar-refractivity contribution < 1.29 is 0 Å². The van der Waals surface area contributed by atoms with E-state index in [9.17, 15) is 0 Å². The van der Waals surface area contributed by atoms with E-state index in [2.05, 4.69) is 158 Å². The first kappa shape index (κ1) is 28.4. The Morgan fingerprint density at radius 1 is 0.392 bits per heavy atom. The minimum Gasteiger partial charge on any atom is -0.246 e. The SMILES string of the molecule is c1ccc(-c2cc(-c3ccc(-c4nc5ccccc5c5c4sc4ccccc45)cc3)nc(-c3ccc4ccc5cccc6ccc3c4c56)n2)cc1. The first-order valence-electron chi connectivity index (χ1n) is 17.2. The van der Waals surface area contributed by atoms with Crippen LogP contribution in [0.25, 0.3) is 109 Å². The van der Waals surface area contributed by atoms with Gasteiger partial charge in [-0.2, -0.15) is 0 Å². The Morgan fingerprint density at radius 2 is 1.02 bits per heavy atom. The van der Waals surface area contributed by atoms with Crippen LogP contribution in [0, 0.1) is 0 Å². The van der Waals surface area contributed by atoms with Crippen LogP contribution in [0.1, 0.15) is 0 Å². The maximum atomic E-state index is 5.28. The molecule has 11 rings (SSSR count). The molecule has 0 radical (unpaired) electrons. The third-order valence-electron chi connectivity index (χ3n) is 10.2. The maximum absolute atomic E-state index is 5.28. The van der Waals surface area contributed by atoms with Gasteiger partial charge < -0.3 is 0 Å². The van der Waals surface area contributed by atoms with Crippen molar-refractivity contribution in [1.82, 2.24) is 15.0 Å². The van der Waals surface area contributed by atoms with Gasteiger partial charge in [0.15, 0.2) is 5.82 Å². The lowest BCUT2D eigenvalue weighted by atomic mass is 9.91. The average Bonchev–Trinajstić information content (AvgIpc) is 3.60. The smallest absolute Gasteiger partial charge is 0.161 e. The van der Waals surface area contributed by atoms with Crippen molar-refractivity contribution >= 4 is 74.7 Å². The summed E-state index contributed by atoms with van der Waals surface area (Å²) in [5.74, 6) is 0.719. The van der Waals surface area contributed by atoms with Gasteiger partial charge in [-0.1, -0.05) is 140 Å². The van der Waals surface area contributed by atoms with Gasteiger partial charge in [-0.25, -0.2) is 15.0 Å². The Hall–Kier alpha value is -6.49. The second kappa shape index (κ2) is 11.0. The van der Waals surface area contributed by atoms with E-state index in [0.29, 0.717) is 0 Å². The van der Waals surface area contributed by atoms with Gasteiger partial charge in [0.2, 0.25) is 0 Å². The van der Waals surface area contributed by atoms with Crippen LogP contribution in [0.3, 0.4) is 0 Å². The van der Waals surface area contributed by atoms with Gasteiger partial charge in [0.1, 0.15) is 0 Å². The van der Waals surface area contributed by atoms with Gasteiger partial charge in [0, 0.05) is 43.1 Å². The molecule has 4 heteroatoms. The number of hydrogen-bond acceptors (Lipinski definition) is 4. The van der Waals surface area contributed by atoms with E-state index in [1.807, 2.05) is 17.4 Å². The van der Waals surface area contributed by atoms with Gasteiger partial charge in [0.05, 0.1) is 27.3 Å². The topological polar surface area (TPSA) is 38.7 Å². The third-order valence-corrected chi connectivity index (χ3v) is 11.4. The molecule has 0 unspecified atom stereocenters. The summed E-state index contributed by atoms with van der Waals surface area (Å²) in [6.07, 6.45) is 0. The normalized spacial score (nSPS) is 11.9. The van der Waals surface area contributed by atoms with Crippen molar-refractivity contribution in [2.75, 3.05) is 0 Å². The van der Waals surface area contributed by atoms with Crippen LogP contribution >= 0.6 is 11.3 Å². The Morgan fingerprint density at radius 3 is 1.82 bits per heavy atom. The molecular weight excluding hydrogens is 639 g/mol. The predicted molar refractivity (Wildman–Crippen MR) is 216 cm³/mol. The average molecular weight is 666 g/mol. The Balaban J connectivity index is 1.09. The zero-order chi connectivity index (χ0) is 33.5. The summed E-state index contributed by atoms with van der Waals surface area (Å²) >= 11 is 1.82. The summed E-state index contributed by atoms with van der Waals surface area (Å²) in [5, 5.41) is 11.2. The number of hydrogen-bond donors (Lipinski definition) is 0. The lowest BCUT2D eigenvalue weighted by Gasteiger charge is -2.15. The van der Waals surface area contributed by atoms with Crippen molar-refractivity contribution in [2.24, 2.45) is 0 Å². The van der Waals surface area contributed by atoms with Gasteiger partial charge in [0.25, 0.3) is 0 Å². The molecule has 236 valence electrons. The molecular formula is C47H27N3S. The highest BCUT2D eigenvalue weighted by Gasteiger charge is 2.18. The van der Waals surface area contributed by atoms with Crippen LogP contribution in [-0.2, 0) is 0 Å². The summed E-state index contributed by atoms with van der Waals surface area (Å²) in [7, 11) is 0. The van der Waals surface area contributed by atoms with Crippen LogP contribution in [0.5, 0.6) is 0 Å². The van der Waals surface area contributed by atoms with Gasteiger partial charge >= 0.3 is 0 Å². The summed E-state index contributed by atoms with van der Waals surface area (Å²) in [4.78, 5) is 15.7. The molecule has 11 aromatic rings. The summed E-state index contributed by atoms with van der Waals surface area (Å²) in [6.45, 7) is 0. The van der Waals surface area contributed by atoms with Crippen molar-refractivity contribution in [2.45, 2.75) is 0 Å². The third kappa shape index (κ3) is 4.40. The molecule has 3 heterocycles. The number of nitrogens with zero attached hydrogens (tertiary/aromatic N) is 3. The van der Waals surface area contributed by atoms with Crippen molar-refractivity contribution in [1.29, 1.82) is 0 Å². The van der Waals surface area contributed by atoms with Gasteiger partial charge in [-0.05, 0) is 56.6 Å². The van der Waals surface area contributed by atoms with Crippen molar-refractivity contribution in [3.05, 3.63) is 164 Å². The van der Waals surface area contributed by atoms with Crippen LogP contribution in [0.15, 0.2) is 164 Å². The monoisotopic (exact) mass is 665 g/mol. The summed E-state index contributed by atoms with van der Waals surface area (Å²) in [6, 6.07) is 58.2. The fraction of sp³-hybridized carbons (Fsp3) is 0. The quantitative estimate of drug-likeness (QED) is 0.176. The second-order valence-corrected chi connectivity index (χ2v) is 14.2. The largest absolute Gasteiger partial charge is 0.246 e. The van der Waals surface area contributed by atoms with E-state index < -0.39 is 0 Å². The lowest BCUT2D eigenvalue weighted by Crippen LogP contribution is -1.97. The first-order valence-corrected chi connectivity index (χ1v) is 18.0. The number of benzene rings is 8. The number of rotatable bonds is 4. The molecule has 0 saturated carbocycles. The minimum atomic E-state index is 0.719. The highest BCUT2D eigenvalue weighted by atomic mass is 32.1. The van der Waals surface area contributed by atoms with Crippen LogP contribution in [-0.4, -0.2) is 15.0 Å². The van der Waals surface area contributed by atoms with Gasteiger partial charge in [-0.15, -0.1) is 11.3 Å². The maximum Gasteiger partial charge on any atom is 0.161 e. The zero-order valence-corrected chi connectivity index (χ0v) is 28.2. The summed E-state index contributed by atoms with van der Waals surface area (Å²) in [5.41, 5.74) is 8.01. The Labute approximate surface area is 297 Å². The Kier molecular flexibility index (Phi) is 6.12. The molecule has 0 spiro atoms. The second-order valence-electron chi connectivity index (χ2n) is 13.2. The molecule has 51 heavy (non-hydrogen) atoms. The van der Waals surface area contributed by atoms with E-state index in [0.717, 1.165) is 56.1 Å². The highest BCUT2D eigenvalue weighted by molar-refractivity contribution is 7.26. The van der Waals surface area contributed by atoms with E-state index in [1.165, 1.54) is 52.5 Å². The lowest BCUT2D eigenvalue weighted by molar-refractivity contribution is 1.19. The molecule has 0 aliphatic carbocycles. The van der Waals surface area contributed by atoms with E-state index in [1.54, 1.807) is 0 Å². The zero-order valence-electron chi connectivity index (χ0n) is 27.3. The Bertz CT molecular complexity index is 3110. The van der Waals surface area contributed by atoms with E-state index >= 15 is 0 Å². The predicted octanol–water partition coefficient (Wildman–Crippen LogP) is 13.0. The van der Waals surface area contributed by atoms with E-state index in [4.69, 9.17) is 15.0 Å². The molecule has 3 aromatic heterocycles. The molecule has 3 nitrogen and oxygen atoms in total.